The third-order valence-corrected chi connectivity index (χ3v) is 5.26. The van der Waals surface area contributed by atoms with Crippen LogP contribution in [0.1, 0.15) is 30.0 Å². The van der Waals surface area contributed by atoms with Crippen molar-refractivity contribution in [2.24, 2.45) is 0 Å². The van der Waals surface area contributed by atoms with Crippen molar-refractivity contribution in [3.05, 3.63) is 83.1 Å². The van der Waals surface area contributed by atoms with Gasteiger partial charge in [0.25, 0.3) is 0 Å². The molecule has 0 saturated heterocycles. The van der Waals surface area contributed by atoms with Gasteiger partial charge in [-0.05, 0) is 49.6 Å². The van der Waals surface area contributed by atoms with Crippen LogP contribution in [-0.2, 0) is 13.0 Å². The van der Waals surface area contributed by atoms with E-state index in [1.165, 1.54) is 0 Å². The molecule has 6 nitrogen and oxygen atoms in total. The summed E-state index contributed by atoms with van der Waals surface area (Å²) in [4.78, 5) is 9.00. The number of unbranched alkanes of at least 4 members (excludes halogenated alkanes) is 1. The van der Waals surface area contributed by atoms with Crippen LogP contribution >= 0.6 is 11.6 Å². The Hall–Kier alpha value is -3.09. The fourth-order valence-corrected chi connectivity index (χ4v) is 3.42. The van der Waals surface area contributed by atoms with E-state index < -0.39 is 0 Å². The first-order chi connectivity index (χ1) is 15.1. The van der Waals surface area contributed by atoms with Crippen LogP contribution in [0.2, 0.25) is 5.02 Å². The largest absolute Gasteiger partial charge is 0.494 e. The Balaban J connectivity index is 1.43. The van der Waals surface area contributed by atoms with Gasteiger partial charge in [0.05, 0.1) is 13.2 Å². The second-order valence-corrected chi connectivity index (χ2v) is 7.66. The first kappa shape index (κ1) is 21.2. The van der Waals surface area contributed by atoms with Crippen molar-refractivity contribution in [3.63, 3.8) is 0 Å². The van der Waals surface area contributed by atoms with Gasteiger partial charge in [0, 0.05) is 29.4 Å². The molecule has 4 aromatic rings. The zero-order valence-corrected chi connectivity index (χ0v) is 18.0. The molecular formula is C24H24ClN3O3. The average Bonchev–Trinajstić information content (AvgIpc) is 3.40. The van der Waals surface area contributed by atoms with E-state index in [1.807, 2.05) is 66.2 Å². The van der Waals surface area contributed by atoms with Crippen molar-refractivity contribution in [1.29, 1.82) is 0 Å². The number of oxazole rings is 1. The van der Waals surface area contributed by atoms with Crippen molar-refractivity contribution in [3.8, 4) is 23.0 Å². The molecule has 2 aromatic heterocycles. The summed E-state index contributed by atoms with van der Waals surface area (Å²) >= 11 is 6.05. The summed E-state index contributed by atoms with van der Waals surface area (Å²) in [5.41, 5.74) is 2.66. The third kappa shape index (κ3) is 5.16. The lowest BCUT2D eigenvalue weighted by molar-refractivity contribution is 0.281. The molecule has 4 rings (SSSR count). The lowest BCUT2D eigenvalue weighted by Crippen LogP contribution is -1.99. The van der Waals surface area contributed by atoms with Crippen LogP contribution in [0.15, 0.2) is 65.3 Å². The number of nitrogens with zero attached hydrogens (tertiary/aromatic N) is 3. The standard InChI is InChI=1S/C24H24ClN3O3/c1-17-26-13-14-28(17)24-27-23(19-7-9-20(25)10-8-19)22(31-24)4-2-3-15-30-21-11-5-18(16-29)6-12-21/h5-14,29H,2-4,15-16H2,1H3. The molecule has 0 atom stereocenters. The van der Waals surface area contributed by atoms with Gasteiger partial charge in [0.2, 0.25) is 0 Å². The van der Waals surface area contributed by atoms with Crippen LogP contribution in [0.3, 0.4) is 0 Å². The van der Waals surface area contributed by atoms with Gasteiger partial charge < -0.3 is 14.3 Å². The highest BCUT2D eigenvalue weighted by Gasteiger charge is 2.17. The highest BCUT2D eigenvalue weighted by Crippen LogP contribution is 2.28. The molecule has 0 aliphatic carbocycles. The maximum Gasteiger partial charge on any atom is 0.307 e. The third-order valence-electron chi connectivity index (χ3n) is 5.01. The number of rotatable bonds is 9. The first-order valence-corrected chi connectivity index (χ1v) is 10.6. The van der Waals surface area contributed by atoms with E-state index in [1.54, 1.807) is 6.20 Å². The van der Waals surface area contributed by atoms with E-state index in [-0.39, 0.29) is 6.61 Å². The molecule has 0 spiro atoms. The molecule has 7 heteroatoms. The van der Waals surface area contributed by atoms with Gasteiger partial charge in [0.15, 0.2) is 0 Å². The van der Waals surface area contributed by atoms with E-state index in [4.69, 9.17) is 30.8 Å². The van der Waals surface area contributed by atoms with E-state index in [2.05, 4.69) is 4.98 Å². The second kappa shape index (κ2) is 9.81. The summed E-state index contributed by atoms with van der Waals surface area (Å²) in [5.74, 6) is 2.45. The van der Waals surface area contributed by atoms with Gasteiger partial charge in [-0.1, -0.05) is 35.9 Å². The molecule has 31 heavy (non-hydrogen) atoms. The summed E-state index contributed by atoms with van der Waals surface area (Å²) in [5, 5.41) is 9.80. The minimum Gasteiger partial charge on any atom is -0.494 e. The van der Waals surface area contributed by atoms with Crippen LogP contribution in [0.5, 0.6) is 5.75 Å². The topological polar surface area (TPSA) is 73.3 Å². The fraction of sp³-hybridized carbons (Fsp3) is 0.250. The maximum atomic E-state index is 9.11. The van der Waals surface area contributed by atoms with Gasteiger partial charge in [0.1, 0.15) is 23.0 Å². The van der Waals surface area contributed by atoms with E-state index in [0.29, 0.717) is 17.6 Å². The summed E-state index contributed by atoms with van der Waals surface area (Å²) in [6.45, 7) is 2.56. The van der Waals surface area contributed by atoms with E-state index >= 15 is 0 Å². The summed E-state index contributed by atoms with van der Waals surface area (Å²) in [7, 11) is 0. The maximum absolute atomic E-state index is 9.11. The number of aliphatic hydroxyl groups excluding tert-OH is 1. The zero-order chi connectivity index (χ0) is 21.6. The molecule has 0 fully saturated rings. The van der Waals surface area contributed by atoms with E-state index in [0.717, 1.165) is 53.4 Å². The fourth-order valence-electron chi connectivity index (χ4n) is 3.29. The number of imidazole rings is 1. The average molecular weight is 438 g/mol. The molecular weight excluding hydrogens is 414 g/mol. The molecule has 0 aliphatic rings. The number of ether oxygens (including phenoxy) is 1. The van der Waals surface area contributed by atoms with E-state index in [9.17, 15) is 0 Å². The summed E-state index contributed by atoms with van der Waals surface area (Å²) < 4.78 is 13.8. The number of hydrogen-bond acceptors (Lipinski definition) is 5. The van der Waals surface area contributed by atoms with Gasteiger partial charge in [-0.2, -0.15) is 4.98 Å². The normalized spacial score (nSPS) is 11.1. The molecule has 0 unspecified atom stereocenters. The molecule has 160 valence electrons. The smallest absolute Gasteiger partial charge is 0.307 e. The van der Waals surface area contributed by atoms with Crippen LogP contribution in [-0.4, -0.2) is 26.2 Å². The van der Waals surface area contributed by atoms with Gasteiger partial charge in [-0.15, -0.1) is 0 Å². The molecule has 0 aliphatic heterocycles. The molecule has 0 saturated carbocycles. The lowest BCUT2D eigenvalue weighted by atomic mass is 10.1. The summed E-state index contributed by atoms with van der Waals surface area (Å²) in [6, 6.07) is 15.6. The second-order valence-electron chi connectivity index (χ2n) is 7.23. The van der Waals surface area contributed by atoms with Crippen LogP contribution in [0, 0.1) is 6.92 Å². The van der Waals surface area contributed by atoms with Crippen molar-refractivity contribution in [2.45, 2.75) is 32.8 Å². The Bertz CT molecular complexity index is 1120. The zero-order valence-electron chi connectivity index (χ0n) is 17.3. The van der Waals surface area contributed by atoms with Crippen molar-refractivity contribution < 1.29 is 14.3 Å². The minimum atomic E-state index is 0.0357. The number of hydrogen-bond donors (Lipinski definition) is 1. The number of halogens is 1. The van der Waals surface area contributed by atoms with Gasteiger partial charge in [-0.25, -0.2) is 4.98 Å². The molecule has 2 aromatic carbocycles. The molecule has 0 radical (unpaired) electrons. The minimum absolute atomic E-state index is 0.0357. The lowest BCUT2D eigenvalue weighted by Gasteiger charge is -2.06. The summed E-state index contributed by atoms with van der Waals surface area (Å²) in [6.07, 6.45) is 6.08. The van der Waals surface area contributed by atoms with Crippen molar-refractivity contribution in [2.75, 3.05) is 6.61 Å². The Morgan fingerprint density at radius 3 is 2.52 bits per heavy atom. The molecule has 1 N–H and O–H groups in total. The molecule has 0 amide bonds. The highest BCUT2D eigenvalue weighted by molar-refractivity contribution is 6.30. The number of aromatic nitrogens is 3. The quantitative estimate of drug-likeness (QED) is 0.356. The van der Waals surface area contributed by atoms with Gasteiger partial charge >= 0.3 is 6.01 Å². The number of aryl methyl sites for hydroxylation is 2. The Kier molecular flexibility index (Phi) is 6.70. The number of aliphatic hydroxyl groups is 1. The van der Waals surface area contributed by atoms with Crippen LogP contribution in [0.4, 0.5) is 0 Å². The Morgan fingerprint density at radius 2 is 1.84 bits per heavy atom. The Labute approximate surface area is 186 Å². The Morgan fingerprint density at radius 1 is 1.06 bits per heavy atom. The number of benzene rings is 2. The molecule has 0 bridgehead atoms. The van der Waals surface area contributed by atoms with Crippen LogP contribution < -0.4 is 4.74 Å². The van der Waals surface area contributed by atoms with Crippen molar-refractivity contribution >= 4 is 11.6 Å². The predicted molar refractivity (Wildman–Crippen MR) is 120 cm³/mol. The molecule has 2 heterocycles. The SMILES string of the molecule is Cc1nccn1-c1nc(-c2ccc(Cl)cc2)c(CCCCOc2ccc(CO)cc2)o1. The first-order valence-electron chi connectivity index (χ1n) is 10.2. The van der Waals surface area contributed by atoms with Crippen molar-refractivity contribution in [1.82, 2.24) is 14.5 Å². The highest BCUT2D eigenvalue weighted by atomic mass is 35.5. The monoisotopic (exact) mass is 437 g/mol. The predicted octanol–water partition coefficient (Wildman–Crippen LogP) is 5.38. The van der Waals surface area contributed by atoms with Crippen LogP contribution in [0.25, 0.3) is 17.3 Å². The van der Waals surface area contributed by atoms with Gasteiger partial charge in [-0.3, -0.25) is 4.57 Å².